The van der Waals surface area contributed by atoms with E-state index >= 15 is 0 Å². The molecule has 0 radical (unpaired) electrons. The van der Waals surface area contributed by atoms with Crippen molar-refractivity contribution in [1.29, 1.82) is 0 Å². The van der Waals surface area contributed by atoms with E-state index in [1.54, 1.807) is 23.1 Å². The molecule has 0 unspecified atom stereocenters. The Morgan fingerprint density at radius 2 is 1.67 bits per heavy atom. The number of imide groups is 1. The number of piperazine rings is 1. The topological polar surface area (TPSA) is 70.2 Å². The summed E-state index contributed by atoms with van der Waals surface area (Å²) in [4.78, 5) is 43.0. The van der Waals surface area contributed by atoms with Gasteiger partial charge in [-0.1, -0.05) is 30.3 Å². The van der Waals surface area contributed by atoms with Crippen molar-refractivity contribution in [2.75, 3.05) is 44.2 Å². The number of benzene rings is 2. The van der Waals surface area contributed by atoms with Crippen molar-refractivity contribution in [2.45, 2.75) is 13.3 Å². The predicted octanol–water partition coefficient (Wildman–Crippen LogP) is 1.96. The minimum Gasteiger partial charge on any atom is -0.492 e. The zero-order valence-electron chi connectivity index (χ0n) is 17.0. The maximum atomic E-state index is 12.8. The molecule has 2 aliphatic heterocycles. The van der Waals surface area contributed by atoms with E-state index in [4.69, 9.17) is 4.74 Å². The summed E-state index contributed by atoms with van der Waals surface area (Å²) in [5.74, 6) is -0.0763. The molecular weight excluding hydrogens is 382 g/mol. The molecule has 4 rings (SSSR count). The fourth-order valence-electron chi connectivity index (χ4n) is 3.99. The molecule has 0 spiro atoms. The van der Waals surface area contributed by atoms with Crippen LogP contribution in [-0.2, 0) is 16.0 Å². The maximum Gasteiger partial charge on any atom is 0.261 e. The van der Waals surface area contributed by atoms with Crippen LogP contribution in [-0.4, -0.2) is 66.9 Å². The molecule has 2 aromatic carbocycles. The van der Waals surface area contributed by atoms with E-state index in [2.05, 4.69) is 4.90 Å². The molecular formula is C23H25N3O4. The fourth-order valence-corrected chi connectivity index (χ4v) is 3.99. The highest BCUT2D eigenvalue weighted by Gasteiger charge is 2.33. The monoisotopic (exact) mass is 407 g/mol. The first-order valence-electron chi connectivity index (χ1n) is 10.3. The highest BCUT2D eigenvalue weighted by molar-refractivity contribution is 6.11. The van der Waals surface area contributed by atoms with E-state index in [9.17, 15) is 14.4 Å². The summed E-state index contributed by atoms with van der Waals surface area (Å²) >= 11 is 0. The highest BCUT2D eigenvalue weighted by atomic mass is 16.5. The molecule has 0 atom stereocenters. The molecule has 0 N–H and O–H groups in total. The molecule has 156 valence electrons. The van der Waals surface area contributed by atoms with Gasteiger partial charge in [-0.2, -0.15) is 0 Å². The lowest BCUT2D eigenvalue weighted by atomic mass is 9.98. The van der Waals surface area contributed by atoms with E-state index in [1.807, 2.05) is 37.3 Å². The molecule has 2 aromatic rings. The van der Waals surface area contributed by atoms with Crippen LogP contribution in [0.15, 0.2) is 48.5 Å². The first-order valence-corrected chi connectivity index (χ1v) is 10.3. The third-order valence-electron chi connectivity index (χ3n) is 5.57. The summed E-state index contributed by atoms with van der Waals surface area (Å²) in [6.07, 6.45) is 0.150. The number of hydrogen-bond acceptors (Lipinski definition) is 5. The van der Waals surface area contributed by atoms with Crippen LogP contribution in [0.3, 0.4) is 0 Å². The first-order chi connectivity index (χ1) is 14.6. The maximum absolute atomic E-state index is 12.8. The molecule has 0 aliphatic carbocycles. The van der Waals surface area contributed by atoms with Gasteiger partial charge in [0.15, 0.2) is 0 Å². The number of rotatable bonds is 5. The van der Waals surface area contributed by atoms with Crippen LogP contribution in [0, 0.1) is 0 Å². The van der Waals surface area contributed by atoms with Crippen molar-refractivity contribution in [3.8, 4) is 5.75 Å². The summed E-state index contributed by atoms with van der Waals surface area (Å²) in [7, 11) is 0. The molecule has 30 heavy (non-hydrogen) atoms. The third-order valence-corrected chi connectivity index (χ3v) is 5.57. The highest BCUT2D eigenvalue weighted by Crippen LogP contribution is 2.29. The van der Waals surface area contributed by atoms with E-state index in [0.29, 0.717) is 38.3 Å². The van der Waals surface area contributed by atoms with Gasteiger partial charge in [0.2, 0.25) is 11.8 Å². The zero-order valence-corrected chi connectivity index (χ0v) is 17.0. The Bertz CT molecular complexity index is 966. The lowest BCUT2D eigenvalue weighted by Gasteiger charge is -2.37. The summed E-state index contributed by atoms with van der Waals surface area (Å²) in [6, 6.07) is 14.9. The normalized spacial score (nSPS) is 16.5. The molecule has 1 fully saturated rings. The second-order valence-electron chi connectivity index (χ2n) is 7.39. The standard InChI is InChI=1S/C23H25N3O4/c1-2-30-20-10-6-5-9-19(20)24-11-13-25(14-12-24)22(28)16-26-21(27)15-17-7-3-4-8-18(17)23(26)29/h3-10H,2,11-16H2,1H3. The van der Waals surface area contributed by atoms with Gasteiger partial charge < -0.3 is 14.5 Å². The SMILES string of the molecule is CCOc1ccccc1N1CCN(C(=O)CN2C(=O)Cc3ccccc3C2=O)CC1. The van der Waals surface area contributed by atoms with Crippen LogP contribution in [0.25, 0.3) is 0 Å². The number of ether oxygens (including phenoxy) is 1. The second kappa shape index (κ2) is 8.57. The molecule has 2 heterocycles. The minimum absolute atomic E-state index is 0.150. The van der Waals surface area contributed by atoms with Crippen molar-refractivity contribution in [1.82, 2.24) is 9.80 Å². The molecule has 1 saturated heterocycles. The largest absolute Gasteiger partial charge is 0.492 e. The Morgan fingerprint density at radius 1 is 0.967 bits per heavy atom. The van der Waals surface area contributed by atoms with Crippen molar-refractivity contribution in [3.05, 3.63) is 59.7 Å². The van der Waals surface area contributed by atoms with Gasteiger partial charge >= 0.3 is 0 Å². The lowest BCUT2D eigenvalue weighted by Crippen LogP contribution is -2.53. The quantitative estimate of drug-likeness (QED) is 0.709. The van der Waals surface area contributed by atoms with Crippen LogP contribution in [0.4, 0.5) is 5.69 Å². The van der Waals surface area contributed by atoms with Crippen molar-refractivity contribution in [2.24, 2.45) is 0 Å². The average molecular weight is 407 g/mol. The van der Waals surface area contributed by atoms with Crippen molar-refractivity contribution < 1.29 is 19.1 Å². The smallest absolute Gasteiger partial charge is 0.261 e. The van der Waals surface area contributed by atoms with Gasteiger partial charge in [0.1, 0.15) is 12.3 Å². The second-order valence-corrected chi connectivity index (χ2v) is 7.39. The first kappa shape index (κ1) is 19.9. The average Bonchev–Trinajstić information content (AvgIpc) is 2.77. The van der Waals surface area contributed by atoms with Gasteiger partial charge in [-0.3, -0.25) is 19.3 Å². The van der Waals surface area contributed by atoms with E-state index in [-0.39, 0.29) is 30.7 Å². The number of para-hydroxylation sites is 2. The Hall–Kier alpha value is -3.35. The summed E-state index contributed by atoms with van der Waals surface area (Å²) in [5.41, 5.74) is 2.24. The van der Waals surface area contributed by atoms with E-state index < -0.39 is 0 Å². The fraction of sp³-hybridized carbons (Fsp3) is 0.348. The number of carbonyl (C=O) groups is 3. The number of amides is 3. The molecule has 0 bridgehead atoms. The van der Waals surface area contributed by atoms with Crippen LogP contribution in [0.2, 0.25) is 0 Å². The molecule has 7 nitrogen and oxygen atoms in total. The van der Waals surface area contributed by atoms with Gasteiger partial charge in [0.25, 0.3) is 5.91 Å². The van der Waals surface area contributed by atoms with Gasteiger partial charge in [-0.25, -0.2) is 0 Å². The number of hydrogen-bond donors (Lipinski definition) is 0. The van der Waals surface area contributed by atoms with Crippen molar-refractivity contribution in [3.63, 3.8) is 0 Å². The summed E-state index contributed by atoms with van der Waals surface area (Å²) < 4.78 is 5.71. The van der Waals surface area contributed by atoms with Crippen LogP contribution < -0.4 is 9.64 Å². The predicted molar refractivity (Wildman–Crippen MR) is 113 cm³/mol. The minimum atomic E-state index is -0.389. The summed E-state index contributed by atoms with van der Waals surface area (Å²) in [6.45, 7) is 4.74. The van der Waals surface area contributed by atoms with Crippen LogP contribution in [0.1, 0.15) is 22.8 Å². The number of nitrogens with zero attached hydrogens (tertiary/aromatic N) is 3. The zero-order chi connectivity index (χ0) is 21.1. The number of fused-ring (bicyclic) bond motifs is 1. The summed E-state index contributed by atoms with van der Waals surface area (Å²) in [5, 5.41) is 0. The molecule has 3 amide bonds. The Morgan fingerprint density at radius 3 is 2.43 bits per heavy atom. The van der Waals surface area contributed by atoms with E-state index in [1.165, 1.54) is 0 Å². The van der Waals surface area contributed by atoms with E-state index in [0.717, 1.165) is 21.9 Å². The van der Waals surface area contributed by atoms with Crippen molar-refractivity contribution >= 4 is 23.4 Å². The number of carbonyl (C=O) groups excluding carboxylic acids is 3. The molecule has 0 aromatic heterocycles. The number of anilines is 1. The van der Waals surface area contributed by atoms with Crippen LogP contribution in [0.5, 0.6) is 5.75 Å². The van der Waals surface area contributed by atoms with Crippen LogP contribution >= 0.6 is 0 Å². The van der Waals surface area contributed by atoms with Gasteiger partial charge in [0.05, 0.1) is 18.7 Å². The molecule has 0 saturated carbocycles. The molecule has 7 heteroatoms. The molecule has 2 aliphatic rings. The van der Waals surface area contributed by atoms with Gasteiger partial charge in [-0.15, -0.1) is 0 Å². The Labute approximate surface area is 175 Å². The Balaban J connectivity index is 1.38. The van der Waals surface area contributed by atoms with Gasteiger partial charge in [0, 0.05) is 31.7 Å². The van der Waals surface area contributed by atoms with Gasteiger partial charge in [-0.05, 0) is 30.7 Å². The lowest BCUT2D eigenvalue weighted by molar-refractivity contribution is -0.138. The Kier molecular flexibility index (Phi) is 5.70. The third kappa shape index (κ3) is 3.87.